The Morgan fingerprint density at radius 2 is 1.74 bits per heavy atom. The van der Waals surface area contributed by atoms with Crippen molar-refractivity contribution in [2.45, 2.75) is 13.8 Å². The van der Waals surface area contributed by atoms with E-state index in [4.69, 9.17) is 0 Å². The number of benzene rings is 1. The third-order valence-electron chi connectivity index (χ3n) is 2.53. The van der Waals surface area contributed by atoms with Crippen LogP contribution in [-0.2, 0) is 4.79 Å². The van der Waals surface area contributed by atoms with Gasteiger partial charge in [-0.2, -0.15) is 0 Å². The largest absolute Gasteiger partial charge is 0.508 e. The van der Waals surface area contributed by atoms with Crippen LogP contribution in [-0.4, -0.2) is 46.6 Å². The van der Waals surface area contributed by atoms with E-state index < -0.39 is 5.91 Å². The SMILES string of the molecule is CCNC(=O)CN(CC)C(=O)c1cc(O)cc(O)c1. The molecule has 0 spiro atoms. The summed E-state index contributed by atoms with van der Waals surface area (Å²) in [5, 5.41) is 21.3. The number of carbonyl (C=O) groups excluding carboxylic acids is 2. The molecule has 0 bridgehead atoms. The average Bonchev–Trinajstić information content (AvgIpc) is 2.34. The number of aromatic hydroxyl groups is 2. The maximum atomic E-state index is 12.1. The summed E-state index contributed by atoms with van der Waals surface area (Å²) in [6.45, 7) is 4.34. The summed E-state index contributed by atoms with van der Waals surface area (Å²) in [6, 6.07) is 3.64. The molecule has 0 radical (unpaired) electrons. The molecular formula is C13H18N2O4. The van der Waals surface area contributed by atoms with Gasteiger partial charge in [-0.3, -0.25) is 9.59 Å². The highest BCUT2D eigenvalue weighted by Gasteiger charge is 2.18. The van der Waals surface area contributed by atoms with Gasteiger partial charge in [-0.15, -0.1) is 0 Å². The van der Waals surface area contributed by atoms with Crippen LogP contribution < -0.4 is 5.32 Å². The summed E-state index contributed by atoms with van der Waals surface area (Å²) in [5.41, 5.74) is 0.142. The minimum Gasteiger partial charge on any atom is -0.508 e. The highest BCUT2D eigenvalue weighted by atomic mass is 16.3. The Morgan fingerprint density at radius 1 is 1.16 bits per heavy atom. The molecule has 0 saturated carbocycles. The summed E-state index contributed by atoms with van der Waals surface area (Å²) in [6.07, 6.45) is 0. The number of phenols is 2. The molecule has 1 aromatic rings. The van der Waals surface area contributed by atoms with Gasteiger partial charge in [-0.1, -0.05) is 0 Å². The minimum atomic E-state index is -0.417. The van der Waals surface area contributed by atoms with Crippen molar-refractivity contribution in [1.29, 1.82) is 0 Å². The number of nitrogens with one attached hydrogen (secondary N) is 1. The van der Waals surface area contributed by atoms with Crippen LogP contribution in [0.2, 0.25) is 0 Å². The second-order valence-corrected chi connectivity index (χ2v) is 4.01. The van der Waals surface area contributed by atoms with Gasteiger partial charge in [0.25, 0.3) is 5.91 Å². The second kappa shape index (κ2) is 6.63. The van der Waals surface area contributed by atoms with Gasteiger partial charge in [0.05, 0.1) is 6.54 Å². The lowest BCUT2D eigenvalue weighted by atomic mass is 10.1. The average molecular weight is 266 g/mol. The molecule has 104 valence electrons. The first-order chi connectivity index (χ1) is 8.97. The molecular weight excluding hydrogens is 248 g/mol. The molecule has 0 aromatic heterocycles. The quantitative estimate of drug-likeness (QED) is 0.731. The fourth-order valence-electron chi connectivity index (χ4n) is 1.65. The number of likely N-dealkylation sites (N-methyl/N-ethyl adjacent to an activating group) is 2. The van der Waals surface area contributed by atoms with Crippen molar-refractivity contribution in [1.82, 2.24) is 10.2 Å². The zero-order chi connectivity index (χ0) is 14.4. The lowest BCUT2D eigenvalue weighted by Gasteiger charge is -2.20. The summed E-state index contributed by atoms with van der Waals surface area (Å²) >= 11 is 0. The molecule has 0 saturated heterocycles. The number of amides is 2. The molecule has 0 heterocycles. The fraction of sp³-hybridized carbons (Fsp3) is 0.385. The van der Waals surface area contributed by atoms with E-state index in [1.165, 1.54) is 17.0 Å². The topological polar surface area (TPSA) is 89.9 Å². The van der Waals surface area contributed by atoms with Gasteiger partial charge in [0.1, 0.15) is 11.5 Å². The van der Waals surface area contributed by atoms with Crippen LogP contribution in [0.5, 0.6) is 11.5 Å². The Morgan fingerprint density at radius 3 is 2.21 bits per heavy atom. The maximum Gasteiger partial charge on any atom is 0.254 e. The van der Waals surface area contributed by atoms with Crippen molar-refractivity contribution >= 4 is 11.8 Å². The standard InChI is InChI=1S/C13H18N2O4/c1-3-14-12(18)8-15(4-2)13(19)9-5-10(16)7-11(17)6-9/h5-7,16-17H,3-4,8H2,1-2H3,(H,14,18). The lowest BCUT2D eigenvalue weighted by Crippen LogP contribution is -2.40. The zero-order valence-electron chi connectivity index (χ0n) is 11.0. The summed E-state index contributed by atoms with van der Waals surface area (Å²) in [5.74, 6) is -1.06. The van der Waals surface area contributed by atoms with Crippen LogP contribution in [0.3, 0.4) is 0 Å². The van der Waals surface area contributed by atoms with Crippen molar-refractivity contribution < 1.29 is 19.8 Å². The lowest BCUT2D eigenvalue weighted by molar-refractivity contribution is -0.121. The predicted molar refractivity (Wildman–Crippen MR) is 70.0 cm³/mol. The number of carbonyl (C=O) groups is 2. The van der Waals surface area contributed by atoms with Crippen LogP contribution in [0.25, 0.3) is 0 Å². The maximum absolute atomic E-state index is 12.1. The molecule has 19 heavy (non-hydrogen) atoms. The third kappa shape index (κ3) is 4.17. The van der Waals surface area contributed by atoms with E-state index in [-0.39, 0.29) is 29.5 Å². The number of nitrogens with zero attached hydrogens (tertiary/aromatic N) is 1. The van der Waals surface area contributed by atoms with E-state index in [1.54, 1.807) is 13.8 Å². The summed E-state index contributed by atoms with van der Waals surface area (Å²) < 4.78 is 0. The molecule has 0 unspecified atom stereocenters. The van der Waals surface area contributed by atoms with Crippen LogP contribution >= 0.6 is 0 Å². The minimum absolute atomic E-state index is 0.0560. The Balaban J connectivity index is 2.86. The fourth-order valence-corrected chi connectivity index (χ4v) is 1.65. The highest BCUT2D eigenvalue weighted by molar-refractivity contribution is 5.97. The van der Waals surface area contributed by atoms with E-state index in [2.05, 4.69) is 5.32 Å². The Hall–Kier alpha value is -2.24. The van der Waals surface area contributed by atoms with Crippen molar-refractivity contribution in [3.63, 3.8) is 0 Å². The molecule has 0 fully saturated rings. The van der Waals surface area contributed by atoms with Crippen LogP contribution in [0.1, 0.15) is 24.2 Å². The Bertz CT molecular complexity index is 453. The molecule has 3 N–H and O–H groups in total. The van der Waals surface area contributed by atoms with Gasteiger partial charge in [0, 0.05) is 24.7 Å². The Labute approximate surface area is 111 Å². The van der Waals surface area contributed by atoms with E-state index in [1.807, 2.05) is 0 Å². The van der Waals surface area contributed by atoms with Crippen molar-refractivity contribution in [3.05, 3.63) is 23.8 Å². The zero-order valence-corrected chi connectivity index (χ0v) is 11.0. The molecule has 2 amide bonds. The first-order valence-electron chi connectivity index (χ1n) is 6.06. The molecule has 0 atom stereocenters. The van der Waals surface area contributed by atoms with Gasteiger partial charge in [-0.25, -0.2) is 0 Å². The Kier molecular flexibility index (Phi) is 5.17. The molecule has 0 aliphatic carbocycles. The van der Waals surface area contributed by atoms with E-state index in [0.29, 0.717) is 13.1 Å². The van der Waals surface area contributed by atoms with Gasteiger partial charge < -0.3 is 20.4 Å². The molecule has 6 heteroatoms. The third-order valence-corrected chi connectivity index (χ3v) is 2.53. The van der Waals surface area contributed by atoms with Gasteiger partial charge >= 0.3 is 0 Å². The molecule has 6 nitrogen and oxygen atoms in total. The summed E-state index contributed by atoms with van der Waals surface area (Å²) in [7, 11) is 0. The van der Waals surface area contributed by atoms with Gasteiger partial charge in [0.15, 0.2) is 0 Å². The number of hydrogen-bond donors (Lipinski definition) is 3. The van der Waals surface area contributed by atoms with Gasteiger partial charge in [-0.05, 0) is 26.0 Å². The van der Waals surface area contributed by atoms with Crippen LogP contribution in [0.4, 0.5) is 0 Å². The van der Waals surface area contributed by atoms with Crippen molar-refractivity contribution in [2.24, 2.45) is 0 Å². The smallest absolute Gasteiger partial charge is 0.254 e. The second-order valence-electron chi connectivity index (χ2n) is 4.01. The number of phenolic OH excluding ortho intramolecular Hbond substituents is 2. The molecule has 0 aliphatic rings. The van der Waals surface area contributed by atoms with Crippen LogP contribution in [0, 0.1) is 0 Å². The monoisotopic (exact) mass is 266 g/mol. The van der Waals surface area contributed by atoms with Crippen molar-refractivity contribution in [3.8, 4) is 11.5 Å². The first-order valence-corrected chi connectivity index (χ1v) is 6.06. The molecule has 0 aliphatic heterocycles. The molecule has 1 rings (SSSR count). The number of hydrogen-bond acceptors (Lipinski definition) is 4. The summed E-state index contributed by atoms with van der Waals surface area (Å²) in [4.78, 5) is 25.0. The number of rotatable bonds is 5. The van der Waals surface area contributed by atoms with E-state index in [9.17, 15) is 19.8 Å². The first kappa shape index (κ1) is 14.8. The van der Waals surface area contributed by atoms with Gasteiger partial charge in [0.2, 0.25) is 5.91 Å². The normalized spacial score (nSPS) is 10.0. The predicted octanol–water partition coefficient (Wildman–Crippen LogP) is 0.696. The van der Waals surface area contributed by atoms with Crippen molar-refractivity contribution in [2.75, 3.05) is 19.6 Å². The van der Waals surface area contributed by atoms with E-state index >= 15 is 0 Å². The van der Waals surface area contributed by atoms with E-state index in [0.717, 1.165) is 6.07 Å². The van der Waals surface area contributed by atoms with Crippen LogP contribution in [0.15, 0.2) is 18.2 Å². The highest BCUT2D eigenvalue weighted by Crippen LogP contribution is 2.21. The molecule has 1 aromatic carbocycles.